The van der Waals surface area contributed by atoms with Crippen LogP contribution in [0.15, 0.2) is 54.9 Å². The highest BCUT2D eigenvalue weighted by atomic mass is 14.8. The molecule has 0 N–H and O–H groups in total. The number of hydrogen-bond donors (Lipinski definition) is 0. The molecule has 0 radical (unpaired) electrons. The second-order valence-corrected chi connectivity index (χ2v) is 4.85. The zero-order valence-corrected chi connectivity index (χ0v) is 11.5. The molecular formula is C17H15N3. The monoisotopic (exact) mass is 261 g/mol. The lowest BCUT2D eigenvalue weighted by molar-refractivity contribution is 1.19. The van der Waals surface area contributed by atoms with Crippen molar-refractivity contribution in [2.24, 2.45) is 0 Å². The molecule has 0 fully saturated rings. The topological polar surface area (TPSA) is 38.7 Å². The highest BCUT2D eigenvalue weighted by molar-refractivity contribution is 5.63. The van der Waals surface area contributed by atoms with Gasteiger partial charge < -0.3 is 0 Å². The molecule has 20 heavy (non-hydrogen) atoms. The number of nitrogens with zero attached hydrogens (tertiary/aromatic N) is 3. The Labute approximate surface area is 118 Å². The summed E-state index contributed by atoms with van der Waals surface area (Å²) in [6, 6.07) is 14.0. The molecule has 0 spiro atoms. The van der Waals surface area contributed by atoms with Gasteiger partial charge in [0.15, 0.2) is 0 Å². The van der Waals surface area contributed by atoms with E-state index in [0.717, 1.165) is 28.3 Å². The van der Waals surface area contributed by atoms with Gasteiger partial charge >= 0.3 is 0 Å². The van der Waals surface area contributed by atoms with Gasteiger partial charge in [0, 0.05) is 12.4 Å². The van der Waals surface area contributed by atoms with E-state index >= 15 is 0 Å². The van der Waals surface area contributed by atoms with E-state index in [0.29, 0.717) is 0 Å². The molecule has 3 heteroatoms. The van der Waals surface area contributed by atoms with Crippen molar-refractivity contribution in [2.45, 2.75) is 13.8 Å². The third-order valence-corrected chi connectivity index (χ3v) is 3.07. The molecule has 3 nitrogen and oxygen atoms in total. The molecule has 0 saturated carbocycles. The van der Waals surface area contributed by atoms with E-state index in [2.05, 4.69) is 23.8 Å². The predicted molar refractivity (Wildman–Crippen MR) is 80.2 cm³/mol. The zero-order chi connectivity index (χ0) is 13.9. The molecule has 0 aliphatic carbocycles. The van der Waals surface area contributed by atoms with E-state index < -0.39 is 0 Å². The van der Waals surface area contributed by atoms with Crippen LogP contribution in [0, 0.1) is 13.8 Å². The molecule has 3 aromatic rings. The number of aromatic nitrogens is 3. The van der Waals surface area contributed by atoms with Crippen LogP contribution < -0.4 is 0 Å². The van der Waals surface area contributed by atoms with Gasteiger partial charge in [-0.05, 0) is 61.4 Å². The standard InChI is InChI=1S/C17H15N3/c1-12-6-8-19-15(9-12)17-11-13(2)10-16(20-17)14-5-3-4-7-18-14/h3-11H,1-2H3. The Morgan fingerprint density at radius 3 is 2.05 bits per heavy atom. The van der Waals surface area contributed by atoms with E-state index in [1.54, 1.807) is 6.20 Å². The van der Waals surface area contributed by atoms with Crippen molar-refractivity contribution in [3.05, 3.63) is 66.0 Å². The Balaban J connectivity index is 2.12. The van der Waals surface area contributed by atoms with Crippen molar-refractivity contribution in [3.8, 4) is 22.8 Å². The molecule has 0 bridgehead atoms. The summed E-state index contributed by atoms with van der Waals surface area (Å²) < 4.78 is 0. The molecule has 0 aliphatic heterocycles. The second-order valence-electron chi connectivity index (χ2n) is 4.85. The van der Waals surface area contributed by atoms with E-state index in [9.17, 15) is 0 Å². The van der Waals surface area contributed by atoms with Crippen LogP contribution in [0.5, 0.6) is 0 Å². The Morgan fingerprint density at radius 1 is 0.650 bits per heavy atom. The van der Waals surface area contributed by atoms with E-state index in [1.165, 1.54) is 5.56 Å². The minimum Gasteiger partial charge on any atom is -0.255 e. The smallest absolute Gasteiger partial charge is 0.0897 e. The third-order valence-electron chi connectivity index (χ3n) is 3.07. The van der Waals surface area contributed by atoms with Crippen LogP contribution in [0.4, 0.5) is 0 Å². The average Bonchev–Trinajstić information content (AvgIpc) is 2.47. The first-order valence-electron chi connectivity index (χ1n) is 6.55. The van der Waals surface area contributed by atoms with Crippen LogP contribution in [-0.2, 0) is 0 Å². The SMILES string of the molecule is Cc1ccnc(-c2cc(C)cc(-c3ccccn3)n2)c1. The number of rotatable bonds is 2. The molecule has 3 rings (SSSR count). The highest BCUT2D eigenvalue weighted by Gasteiger charge is 2.07. The summed E-state index contributed by atoms with van der Waals surface area (Å²) in [5.41, 5.74) is 5.87. The van der Waals surface area contributed by atoms with Gasteiger partial charge in [-0.2, -0.15) is 0 Å². The highest BCUT2D eigenvalue weighted by Crippen LogP contribution is 2.22. The second kappa shape index (κ2) is 5.21. The van der Waals surface area contributed by atoms with Gasteiger partial charge in [-0.1, -0.05) is 6.07 Å². The molecular weight excluding hydrogens is 246 g/mol. The molecule has 0 aromatic carbocycles. The summed E-state index contributed by atoms with van der Waals surface area (Å²) in [4.78, 5) is 13.5. The van der Waals surface area contributed by atoms with Gasteiger partial charge in [0.2, 0.25) is 0 Å². The summed E-state index contributed by atoms with van der Waals surface area (Å²) in [6.07, 6.45) is 3.60. The maximum atomic E-state index is 4.69. The Kier molecular flexibility index (Phi) is 3.25. The summed E-state index contributed by atoms with van der Waals surface area (Å²) in [5, 5.41) is 0. The molecule has 0 aliphatic rings. The van der Waals surface area contributed by atoms with Gasteiger partial charge in [-0.25, -0.2) is 4.98 Å². The molecule has 3 heterocycles. The Bertz CT molecular complexity index is 736. The maximum absolute atomic E-state index is 4.69. The lowest BCUT2D eigenvalue weighted by Gasteiger charge is -2.06. The van der Waals surface area contributed by atoms with Crippen molar-refractivity contribution < 1.29 is 0 Å². The molecule has 3 aromatic heterocycles. The summed E-state index contributed by atoms with van der Waals surface area (Å²) >= 11 is 0. The molecule has 0 unspecified atom stereocenters. The van der Waals surface area contributed by atoms with Crippen molar-refractivity contribution in [2.75, 3.05) is 0 Å². The number of hydrogen-bond acceptors (Lipinski definition) is 3. The van der Waals surface area contributed by atoms with E-state index in [4.69, 9.17) is 4.98 Å². The van der Waals surface area contributed by atoms with Gasteiger partial charge in [0.1, 0.15) is 0 Å². The van der Waals surface area contributed by atoms with E-state index in [1.807, 2.05) is 48.7 Å². The summed E-state index contributed by atoms with van der Waals surface area (Å²) in [5.74, 6) is 0. The van der Waals surface area contributed by atoms with Gasteiger partial charge in [0.25, 0.3) is 0 Å². The Morgan fingerprint density at radius 2 is 1.35 bits per heavy atom. The van der Waals surface area contributed by atoms with E-state index in [-0.39, 0.29) is 0 Å². The van der Waals surface area contributed by atoms with Crippen LogP contribution in [0.3, 0.4) is 0 Å². The fourth-order valence-electron chi connectivity index (χ4n) is 2.12. The first-order valence-corrected chi connectivity index (χ1v) is 6.55. The predicted octanol–water partition coefficient (Wildman–Crippen LogP) is 3.82. The lowest BCUT2D eigenvalue weighted by Crippen LogP contribution is -1.93. The van der Waals surface area contributed by atoms with Crippen molar-refractivity contribution in [1.29, 1.82) is 0 Å². The van der Waals surface area contributed by atoms with Crippen LogP contribution in [-0.4, -0.2) is 15.0 Å². The molecule has 98 valence electrons. The summed E-state index contributed by atoms with van der Waals surface area (Å²) in [6.45, 7) is 4.12. The number of pyridine rings is 3. The molecule has 0 saturated heterocycles. The van der Waals surface area contributed by atoms with Crippen LogP contribution >= 0.6 is 0 Å². The average molecular weight is 261 g/mol. The van der Waals surface area contributed by atoms with Gasteiger partial charge in [-0.3, -0.25) is 9.97 Å². The maximum Gasteiger partial charge on any atom is 0.0897 e. The van der Waals surface area contributed by atoms with Crippen molar-refractivity contribution in [1.82, 2.24) is 15.0 Å². The van der Waals surface area contributed by atoms with Crippen LogP contribution in [0.1, 0.15) is 11.1 Å². The summed E-state index contributed by atoms with van der Waals surface area (Å²) in [7, 11) is 0. The molecule has 0 atom stereocenters. The first-order chi connectivity index (χ1) is 9.72. The Hall–Kier alpha value is -2.55. The fraction of sp³-hybridized carbons (Fsp3) is 0.118. The fourth-order valence-corrected chi connectivity index (χ4v) is 2.12. The minimum absolute atomic E-state index is 0.879. The third kappa shape index (κ3) is 2.57. The quantitative estimate of drug-likeness (QED) is 0.704. The van der Waals surface area contributed by atoms with Crippen LogP contribution in [0.2, 0.25) is 0 Å². The largest absolute Gasteiger partial charge is 0.255 e. The minimum atomic E-state index is 0.879. The van der Waals surface area contributed by atoms with Crippen molar-refractivity contribution >= 4 is 0 Å². The first kappa shape index (κ1) is 12.5. The normalized spacial score (nSPS) is 10.5. The zero-order valence-electron chi connectivity index (χ0n) is 11.5. The molecule has 0 amide bonds. The van der Waals surface area contributed by atoms with Gasteiger partial charge in [-0.15, -0.1) is 0 Å². The lowest BCUT2D eigenvalue weighted by atomic mass is 10.1. The van der Waals surface area contributed by atoms with Crippen molar-refractivity contribution in [3.63, 3.8) is 0 Å². The van der Waals surface area contributed by atoms with Crippen LogP contribution in [0.25, 0.3) is 22.8 Å². The van der Waals surface area contributed by atoms with Gasteiger partial charge in [0.05, 0.1) is 22.8 Å². The number of aryl methyl sites for hydroxylation is 2.